The maximum atomic E-state index is 14.9. The van der Waals surface area contributed by atoms with E-state index in [0.717, 1.165) is 23.0 Å². The molecule has 1 N–H and O–H groups in total. The van der Waals surface area contributed by atoms with E-state index in [0.29, 0.717) is 18.8 Å². The fourth-order valence-electron chi connectivity index (χ4n) is 3.89. The van der Waals surface area contributed by atoms with Gasteiger partial charge in [-0.1, -0.05) is 12.1 Å². The van der Waals surface area contributed by atoms with Gasteiger partial charge in [0.15, 0.2) is 6.54 Å². The number of aryl methyl sites for hydroxylation is 1. The molecule has 2 heterocycles. The normalized spacial score (nSPS) is 22.2. The summed E-state index contributed by atoms with van der Waals surface area (Å²) in [5.74, 6) is 0.991. The van der Waals surface area contributed by atoms with Crippen LogP contribution < -0.4 is 9.64 Å². The summed E-state index contributed by atoms with van der Waals surface area (Å²) < 4.78 is 21.9. The number of anilines is 1. The van der Waals surface area contributed by atoms with E-state index < -0.39 is 11.5 Å². The third-order valence-corrected chi connectivity index (χ3v) is 6.71. The molecule has 0 radical (unpaired) electrons. The predicted octanol–water partition coefficient (Wildman–Crippen LogP) is 3.62. The quantitative estimate of drug-likeness (QED) is 0.816. The summed E-state index contributed by atoms with van der Waals surface area (Å²) in [5.41, 5.74) is 2.32. The zero-order chi connectivity index (χ0) is 19.2. The van der Waals surface area contributed by atoms with Crippen LogP contribution in [0.25, 0.3) is 0 Å². The Morgan fingerprint density at radius 1 is 1.26 bits per heavy atom. The Labute approximate surface area is 163 Å². The van der Waals surface area contributed by atoms with Gasteiger partial charge in [-0.05, 0) is 61.4 Å². The van der Waals surface area contributed by atoms with E-state index in [2.05, 4.69) is 30.9 Å². The lowest BCUT2D eigenvalue weighted by Gasteiger charge is -2.24. The van der Waals surface area contributed by atoms with Crippen LogP contribution in [0.4, 0.5) is 10.1 Å². The Morgan fingerprint density at radius 2 is 2.07 bits per heavy atom. The Hall–Kier alpha value is -2.05. The first-order chi connectivity index (χ1) is 13.0. The van der Waals surface area contributed by atoms with Crippen LogP contribution in [0.1, 0.15) is 23.1 Å². The smallest absolute Gasteiger partial charge is 0.316 e. The number of amidine groups is 1. The maximum Gasteiger partial charge on any atom is 0.316 e. The second-order valence-corrected chi connectivity index (χ2v) is 8.17. The summed E-state index contributed by atoms with van der Waals surface area (Å²) in [4.78, 5) is 2.13. The molecular weight excluding hydrogens is 363 g/mol. The Balaban J connectivity index is 1.84. The van der Waals surface area contributed by atoms with Crippen molar-refractivity contribution in [2.45, 2.75) is 26.0 Å². The van der Waals surface area contributed by atoms with Gasteiger partial charge >= 0.3 is 5.17 Å². The van der Waals surface area contributed by atoms with Crippen molar-refractivity contribution in [3.05, 3.63) is 58.9 Å². The molecule has 0 unspecified atom stereocenters. The second kappa shape index (κ2) is 6.84. The molecule has 0 bridgehead atoms. The van der Waals surface area contributed by atoms with Gasteiger partial charge in [-0.25, -0.2) is 13.9 Å². The average Bonchev–Trinajstić information content (AvgIpc) is 2.98. The number of methoxy groups -OCH3 is 1. The summed E-state index contributed by atoms with van der Waals surface area (Å²) in [6.45, 7) is 5.17. The lowest BCUT2D eigenvalue weighted by atomic mass is 10.0. The number of ether oxygens (including phenoxy) is 1. The molecule has 0 amide bonds. The van der Waals surface area contributed by atoms with Gasteiger partial charge < -0.3 is 9.84 Å². The summed E-state index contributed by atoms with van der Waals surface area (Å²) in [7, 11) is 1.51. The van der Waals surface area contributed by atoms with Gasteiger partial charge in [0.1, 0.15) is 17.3 Å². The van der Waals surface area contributed by atoms with E-state index in [9.17, 15) is 9.50 Å². The number of rotatable bonds is 3. The van der Waals surface area contributed by atoms with Crippen LogP contribution in [0, 0.1) is 19.7 Å². The highest BCUT2D eigenvalue weighted by Crippen LogP contribution is 2.40. The van der Waals surface area contributed by atoms with Crippen molar-refractivity contribution < 1.29 is 18.8 Å². The molecule has 6 heteroatoms. The number of nitrogens with zero attached hydrogens (tertiary/aromatic N) is 2. The molecule has 0 fully saturated rings. The molecule has 2 aliphatic rings. The maximum absolute atomic E-state index is 14.9. The number of β-amino-alcohol motifs (C(OH)–C–C–N with tert-alkyl or cyclic N) is 1. The van der Waals surface area contributed by atoms with Gasteiger partial charge in [-0.3, -0.25) is 0 Å². The highest BCUT2D eigenvalue weighted by atomic mass is 32.2. The molecule has 0 saturated carbocycles. The third kappa shape index (κ3) is 2.91. The van der Waals surface area contributed by atoms with Crippen molar-refractivity contribution in [1.82, 2.24) is 0 Å². The molecule has 4 nitrogen and oxygen atoms in total. The monoisotopic (exact) mass is 387 g/mol. The van der Waals surface area contributed by atoms with Crippen molar-refractivity contribution in [3.63, 3.8) is 0 Å². The highest BCUT2D eigenvalue weighted by molar-refractivity contribution is 8.13. The van der Waals surface area contributed by atoms with Crippen LogP contribution in [-0.2, 0) is 5.72 Å². The van der Waals surface area contributed by atoms with Gasteiger partial charge in [0.2, 0.25) is 0 Å². The largest absolute Gasteiger partial charge is 0.497 e. The van der Waals surface area contributed by atoms with Crippen LogP contribution in [0.15, 0.2) is 36.4 Å². The van der Waals surface area contributed by atoms with Gasteiger partial charge in [-0.15, -0.1) is 0 Å². The number of halogens is 1. The molecule has 0 aliphatic carbocycles. The molecule has 2 aromatic rings. The molecule has 2 aliphatic heterocycles. The number of benzene rings is 2. The van der Waals surface area contributed by atoms with Crippen molar-refractivity contribution >= 4 is 22.6 Å². The topological polar surface area (TPSA) is 35.7 Å². The third-order valence-electron chi connectivity index (χ3n) is 5.52. The van der Waals surface area contributed by atoms with Crippen LogP contribution in [0.3, 0.4) is 0 Å². The van der Waals surface area contributed by atoms with Crippen molar-refractivity contribution in [1.29, 1.82) is 0 Å². The second-order valence-electron chi connectivity index (χ2n) is 7.10. The average molecular weight is 388 g/mol. The molecule has 0 aromatic heterocycles. The van der Waals surface area contributed by atoms with Crippen LogP contribution in [-0.4, -0.2) is 40.8 Å². The molecule has 0 saturated heterocycles. The number of thioether (sulfide) groups is 1. The van der Waals surface area contributed by atoms with Gasteiger partial charge in [0.25, 0.3) is 5.72 Å². The Kier molecular flexibility index (Phi) is 4.64. The standard InChI is InChI=1S/C21H24FN2O2S/c1-14-6-4-7-19(15(14)2)23-13-21(25,24-10-5-11-27-20(23)24)17-9-8-16(26-3)12-18(17)22/h4,6-9,12,25H,5,10-11,13H2,1-3H3/q+1/t21-/m0/s1. The molecule has 27 heavy (non-hydrogen) atoms. The van der Waals surface area contributed by atoms with Crippen LogP contribution in [0.2, 0.25) is 0 Å². The summed E-state index contributed by atoms with van der Waals surface area (Å²) in [6, 6.07) is 10.9. The van der Waals surface area contributed by atoms with Crippen LogP contribution >= 0.6 is 11.8 Å². The van der Waals surface area contributed by atoms with Gasteiger partial charge in [0.05, 0.1) is 19.2 Å². The lowest BCUT2D eigenvalue weighted by molar-refractivity contribution is -0.657. The Bertz CT molecular complexity index is 930. The lowest BCUT2D eigenvalue weighted by Crippen LogP contribution is -2.42. The fourth-order valence-corrected chi connectivity index (χ4v) is 5.07. The minimum absolute atomic E-state index is 0.288. The highest BCUT2D eigenvalue weighted by Gasteiger charge is 2.54. The number of hydrogen-bond donors (Lipinski definition) is 1. The molecule has 2 aromatic carbocycles. The zero-order valence-corrected chi connectivity index (χ0v) is 16.6. The molecule has 142 valence electrons. The minimum atomic E-state index is -1.41. The summed E-state index contributed by atoms with van der Waals surface area (Å²) >= 11 is 1.72. The molecule has 4 rings (SSSR count). The van der Waals surface area contributed by atoms with E-state index in [1.165, 1.54) is 24.3 Å². The molecule has 1 atom stereocenters. The minimum Gasteiger partial charge on any atom is -0.497 e. The van der Waals surface area contributed by atoms with Crippen molar-refractivity contribution in [3.8, 4) is 5.75 Å². The SMILES string of the molecule is COc1ccc([C@@]2(O)CN(c3cccc(C)c3C)C3=[N+]2CCCS3)c(F)c1. The summed E-state index contributed by atoms with van der Waals surface area (Å²) in [6.07, 6.45) is 0.953. The van der Waals surface area contributed by atoms with Crippen LogP contribution in [0.5, 0.6) is 5.75 Å². The fraction of sp³-hybridized carbons (Fsp3) is 0.381. The summed E-state index contributed by atoms with van der Waals surface area (Å²) in [5, 5.41) is 12.7. The van der Waals surface area contributed by atoms with Gasteiger partial charge in [0, 0.05) is 11.8 Å². The van der Waals surface area contributed by atoms with E-state index in [1.807, 2.05) is 10.6 Å². The first-order valence-corrected chi connectivity index (χ1v) is 10.1. The zero-order valence-electron chi connectivity index (χ0n) is 15.8. The van der Waals surface area contributed by atoms with E-state index >= 15 is 0 Å². The van der Waals surface area contributed by atoms with Crippen molar-refractivity contribution in [2.24, 2.45) is 0 Å². The number of hydrogen-bond acceptors (Lipinski definition) is 4. The first-order valence-electron chi connectivity index (χ1n) is 9.13. The predicted molar refractivity (Wildman–Crippen MR) is 107 cm³/mol. The van der Waals surface area contributed by atoms with E-state index in [-0.39, 0.29) is 5.56 Å². The Morgan fingerprint density at radius 3 is 2.81 bits per heavy atom. The van der Waals surface area contributed by atoms with E-state index in [1.54, 1.807) is 23.9 Å². The molecular formula is C21H24FN2O2S+. The number of aliphatic hydroxyl groups is 1. The first kappa shape index (κ1) is 18.3. The van der Waals surface area contributed by atoms with Crippen molar-refractivity contribution in [2.75, 3.05) is 30.9 Å². The van der Waals surface area contributed by atoms with Gasteiger partial charge in [-0.2, -0.15) is 0 Å². The van der Waals surface area contributed by atoms with E-state index in [4.69, 9.17) is 4.74 Å². The molecule has 0 spiro atoms.